The van der Waals surface area contributed by atoms with E-state index in [0.717, 1.165) is 5.69 Å². The van der Waals surface area contributed by atoms with E-state index in [9.17, 15) is 4.79 Å². The van der Waals surface area contributed by atoms with Crippen LogP contribution >= 0.6 is 11.6 Å². The molecule has 1 aromatic carbocycles. The first-order chi connectivity index (χ1) is 11.2. The fourth-order valence-corrected chi connectivity index (χ4v) is 3.07. The lowest BCUT2D eigenvalue weighted by Crippen LogP contribution is -2.22. The number of hydrogen-bond donors (Lipinski definition) is 2. The van der Waals surface area contributed by atoms with E-state index >= 15 is 0 Å². The summed E-state index contributed by atoms with van der Waals surface area (Å²) in [6.07, 6.45) is 9.53. The second kappa shape index (κ2) is 7.47. The van der Waals surface area contributed by atoms with Gasteiger partial charge >= 0.3 is 0 Å². The van der Waals surface area contributed by atoms with Gasteiger partial charge in [0.1, 0.15) is 0 Å². The van der Waals surface area contributed by atoms with Crippen LogP contribution in [-0.4, -0.2) is 16.9 Å². The van der Waals surface area contributed by atoms with Gasteiger partial charge in [-0.1, -0.05) is 43.0 Å². The molecular weight excluding hydrogens is 310 g/mol. The van der Waals surface area contributed by atoms with Crippen LogP contribution < -0.4 is 10.6 Å². The molecule has 0 unspecified atom stereocenters. The van der Waals surface area contributed by atoms with Gasteiger partial charge < -0.3 is 10.6 Å². The minimum Gasteiger partial charge on any atom is -0.381 e. The topological polar surface area (TPSA) is 54.0 Å². The first-order valence-corrected chi connectivity index (χ1v) is 8.37. The number of para-hydroxylation sites is 1. The molecule has 2 N–H and O–H groups in total. The Hall–Kier alpha value is -2.07. The van der Waals surface area contributed by atoms with Crippen molar-refractivity contribution in [2.45, 2.75) is 38.1 Å². The maximum absolute atomic E-state index is 12.4. The number of halogens is 1. The van der Waals surface area contributed by atoms with Crippen molar-refractivity contribution in [2.24, 2.45) is 0 Å². The summed E-state index contributed by atoms with van der Waals surface area (Å²) in [6.45, 7) is 0. The van der Waals surface area contributed by atoms with Crippen molar-refractivity contribution in [1.29, 1.82) is 0 Å². The zero-order valence-corrected chi connectivity index (χ0v) is 13.6. The molecule has 4 nitrogen and oxygen atoms in total. The van der Waals surface area contributed by atoms with E-state index in [2.05, 4.69) is 15.6 Å². The third-order valence-electron chi connectivity index (χ3n) is 4.10. The van der Waals surface area contributed by atoms with Crippen molar-refractivity contribution in [2.75, 3.05) is 10.6 Å². The quantitative estimate of drug-likeness (QED) is 0.852. The molecule has 1 fully saturated rings. The van der Waals surface area contributed by atoms with E-state index in [1.165, 1.54) is 32.1 Å². The van der Waals surface area contributed by atoms with Crippen molar-refractivity contribution < 1.29 is 4.79 Å². The van der Waals surface area contributed by atoms with Crippen LogP contribution in [0.25, 0.3) is 0 Å². The number of benzene rings is 1. The summed E-state index contributed by atoms with van der Waals surface area (Å²) in [7, 11) is 0. The van der Waals surface area contributed by atoms with Crippen LogP contribution in [0.2, 0.25) is 5.02 Å². The van der Waals surface area contributed by atoms with Crippen LogP contribution in [0.4, 0.5) is 11.4 Å². The SMILES string of the molecule is O=C(Nc1ccccc1Cl)c1cncc(NC2CCCCC2)c1. The van der Waals surface area contributed by atoms with Gasteiger partial charge in [0.05, 0.1) is 22.0 Å². The number of nitrogens with one attached hydrogen (secondary N) is 2. The van der Waals surface area contributed by atoms with Gasteiger partial charge in [-0.05, 0) is 31.0 Å². The monoisotopic (exact) mass is 329 g/mol. The van der Waals surface area contributed by atoms with Crippen molar-refractivity contribution in [3.8, 4) is 0 Å². The minimum atomic E-state index is -0.210. The number of aromatic nitrogens is 1. The summed E-state index contributed by atoms with van der Waals surface area (Å²) in [6, 6.07) is 9.50. The number of amides is 1. The highest BCUT2D eigenvalue weighted by molar-refractivity contribution is 6.33. The Kier molecular flexibility index (Phi) is 5.13. The summed E-state index contributed by atoms with van der Waals surface area (Å²) in [5, 5.41) is 6.82. The molecule has 1 aliphatic rings. The average Bonchev–Trinajstić information content (AvgIpc) is 2.58. The zero-order valence-electron chi connectivity index (χ0n) is 12.9. The number of nitrogens with zero attached hydrogens (tertiary/aromatic N) is 1. The Balaban J connectivity index is 1.69. The van der Waals surface area contributed by atoms with Crippen molar-refractivity contribution in [3.63, 3.8) is 0 Å². The van der Waals surface area contributed by atoms with Crippen LogP contribution in [0.5, 0.6) is 0 Å². The molecule has 0 spiro atoms. The molecule has 23 heavy (non-hydrogen) atoms. The first-order valence-electron chi connectivity index (χ1n) is 8.00. The molecule has 120 valence electrons. The van der Waals surface area contributed by atoms with Crippen LogP contribution in [0.3, 0.4) is 0 Å². The van der Waals surface area contributed by atoms with E-state index in [-0.39, 0.29) is 5.91 Å². The summed E-state index contributed by atoms with van der Waals surface area (Å²) >= 11 is 6.07. The highest BCUT2D eigenvalue weighted by Gasteiger charge is 2.14. The van der Waals surface area contributed by atoms with Crippen LogP contribution in [0.1, 0.15) is 42.5 Å². The third-order valence-corrected chi connectivity index (χ3v) is 4.43. The first kappa shape index (κ1) is 15.8. The van der Waals surface area contributed by atoms with Crippen molar-refractivity contribution >= 4 is 28.9 Å². The lowest BCUT2D eigenvalue weighted by Gasteiger charge is -2.23. The predicted octanol–water partition coefficient (Wildman–Crippen LogP) is 4.73. The summed E-state index contributed by atoms with van der Waals surface area (Å²) < 4.78 is 0. The number of rotatable bonds is 4. The summed E-state index contributed by atoms with van der Waals surface area (Å²) in [5.74, 6) is -0.210. The molecular formula is C18H20ClN3O. The molecule has 5 heteroatoms. The van der Waals surface area contributed by atoms with Crippen molar-refractivity contribution in [1.82, 2.24) is 4.98 Å². The fraction of sp³-hybridized carbons (Fsp3) is 0.333. The Bertz CT molecular complexity index is 683. The smallest absolute Gasteiger partial charge is 0.257 e. The second-order valence-corrected chi connectivity index (χ2v) is 6.28. The molecule has 1 amide bonds. The second-order valence-electron chi connectivity index (χ2n) is 5.88. The standard InChI is InChI=1S/C18H20ClN3O/c19-16-8-4-5-9-17(16)22-18(23)13-10-15(12-20-11-13)21-14-6-2-1-3-7-14/h4-5,8-12,14,21H,1-3,6-7H2,(H,22,23). The van der Waals surface area contributed by atoms with Gasteiger partial charge in [-0.3, -0.25) is 9.78 Å². The number of pyridine rings is 1. The fourth-order valence-electron chi connectivity index (χ4n) is 2.88. The Morgan fingerprint density at radius 2 is 1.91 bits per heavy atom. The molecule has 3 rings (SSSR count). The van der Waals surface area contributed by atoms with E-state index in [1.54, 1.807) is 24.5 Å². The Morgan fingerprint density at radius 3 is 2.70 bits per heavy atom. The molecule has 1 heterocycles. The van der Waals surface area contributed by atoms with E-state index < -0.39 is 0 Å². The lowest BCUT2D eigenvalue weighted by molar-refractivity contribution is 0.102. The average molecular weight is 330 g/mol. The molecule has 2 aromatic rings. The van der Waals surface area contributed by atoms with Gasteiger partial charge in [0.15, 0.2) is 0 Å². The molecule has 0 saturated heterocycles. The van der Waals surface area contributed by atoms with Gasteiger partial charge in [0.25, 0.3) is 5.91 Å². The summed E-state index contributed by atoms with van der Waals surface area (Å²) in [4.78, 5) is 16.6. The number of carbonyl (C=O) groups excluding carboxylic acids is 1. The van der Waals surface area contributed by atoms with E-state index in [4.69, 9.17) is 11.6 Å². The molecule has 0 radical (unpaired) electrons. The van der Waals surface area contributed by atoms with Gasteiger partial charge in [-0.25, -0.2) is 0 Å². The summed E-state index contributed by atoms with van der Waals surface area (Å²) in [5.41, 5.74) is 2.01. The van der Waals surface area contributed by atoms with Crippen LogP contribution in [0.15, 0.2) is 42.7 Å². The maximum atomic E-state index is 12.4. The Labute approximate surface area is 141 Å². The highest BCUT2D eigenvalue weighted by atomic mass is 35.5. The highest BCUT2D eigenvalue weighted by Crippen LogP contribution is 2.23. The predicted molar refractivity (Wildman–Crippen MR) is 94.1 cm³/mol. The number of hydrogen-bond acceptors (Lipinski definition) is 3. The third kappa shape index (κ3) is 4.23. The Morgan fingerprint density at radius 1 is 1.13 bits per heavy atom. The van der Waals surface area contributed by atoms with Crippen LogP contribution in [-0.2, 0) is 0 Å². The molecule has 1 aliphatic carbocycles. The minimum absolute atomic E-state index is 0.210. The van der Waals surface area contributed by atoms with E-state index in [0.29, 0.717) is 22.3 Å². The molecule has 0 atom stereocenters. The van der Waals surface area contributed by atoms with Gasteiger partial charge in [0, 0.05) is 18.4 Å². The normalized spacial score (nSPS) is 15.2. The zero-order chi connectivity index (χ0) is 16.1. The molecule has 1 aromatic heterocycles. The van der Waals surface area contributed by atoms with Gasteiger partial charge in [-0.15, -0.1) is 0 Å². The van der Waals surface area contributed by atoms with Gasteiger partial charge in [0.2, 0.25) is 0 Å². The number of carbonyl (C=O) groups is 1. The van der Waals surface area contributed by atoms with Crippen LogP contribution in [0, 0.1) is 0 Å². The molecule has 1 saturated carbocycles. The maximum Gasteiger partial charge on any atom is 0.257 e. The van der Waals surface area contributed by atoms with Gasteiger partial charge in [-0.2, -0.15) is 0 Å². The molecule has 0 bridgehead atoms. The molecule has 0 aliphatic heterocycles. The largest absolute Gasteiger partial charge is 0.381 e. The number of anilines is 2. The van der Waals surface area contributed by atoms with Crippen molar-refractivity contribution in [3.05, 3.63) is 53.3 Å². The lowest BCUT2D eigenvalue weighted by atomic mass is 9.95. The van der Waals surface area contributed by atoms with E-state index in [1.807, 2.05) is 18.2 Å².